The number of para-hydroxylation sites is 1. The molecule has 0 radical (unpaired) electrons. The average Bonchev–Trinajstić information content (AvgIpc) is 2.67. The van der Waals surface area contributed by atoms with Crippen LogP contribution in [-0.2, 0) is 6.42 Å². The Morgan fingerprint density at radius 2 is 2.20 bits per heavy atom. The molecule has 76 valence electrons. The number of aryl methyl sites for hydroxylation is 1. The SMILES string of the molecule is C=CC1CCCc2[nH]c3ccccc3c21. The number of H-pyrrole nitrogens is 1. The molecular formula is C14H15N. The Labute approximate surface area is 89.8 Å². The van der Waals surface area contributed by atoms with Crippen LogP contribution in [0.1, 0.15) is 30.0 Å². The van der Waals surface area contributed by atoms with Gasteiger partial charge in [0.25, 0.3) is 0 Å². The molecule has 2 aromatic rings. The largest absolute Gasteiger partial charge is 0.358 e. The maximum Gasteiger partial charge on any atom is 0.0459 e. The van der Waals surface area contributed by atoms with E-state index >= 15 is 0 Å². The van der Waals surface area contributed by atoms with Crippen molar-refractivity contribution in [3.8, 4) is 0 Å². The third-order valence-electron chi connectivity index (χ3n) is 3.43. The molecule has 0 amide bonds. The van der Waals surface area contributed by atoms with Crippen LogP contribution in [0.25, 0.3) is 10.9 Å². The van der Waals surface area contributed by atoms with E-state index in [0.29, 0.717) is 5.92 Å². The summed E-state index contributed by atoms with van der Waals surface area (Å²) in [5, 5.41) is 1.39. The van der Waals surface area contributed by atoms with Gasteiger partial charge < -0.3 is 4.98 Å². The van der Waals surface area contributed by atoms with Crippen molar-refractivity contribution in [2.24, 2.45) is 0 Å². The predicted octanol–water partition coefficient (Wildman–Crippen LogP) is 3.77. The maximum absolute atomic E-state index is 3.96. The fourth-order valence-electron chi connectivity index (χ4n) is 2.72. The Balaban J connectivity index is 2.31. The molecule has 0 bridgehead atoms. The molecule has 0 saturated heterocycles. The smallest absolute Gasteiger partial charge is 0.0459 e. The van der Waals surface area contributed by atoms with Gasteiger partial charge in [-0.1, -0.05) is 24.3 Å². The number of aromatic amines is 1. The minimum absolute atomic E-state index is 0.546. The van der Waals surface area contributed by atoms with Gasteiger partial charge in [-0.2, -0.15) is 0 Å². The lowest BCUT2D eigenvalue weighted by molar-refractivity contribution is 0.627. The zero-order valence-corrected chi connectivity index (χ0v) is 8.79. The normalized spacial score (nSPS) is 20.1. The zero-order valence-electron chi connectivity index (χ0n) is 8.79. The maximum atomic E-state index is 3.96. The summed E-state index contributed by atoms with van der Waals surface area (Å²) in [6, 6.07) is 8.58. The Morgan fingerprint density at radius 1 is 1.33 bits per heavy atom. The highest BCUT2D eigenvalue weighted by atomic mass is 14.7. The summed E-state index contributed by atoms with van der Waals surface area (Å²) in [6.07, 6.45) is 5.81. The van der Waals surface area contributed by atoms with Crippen LogP contribution >= 0.6 is 0 Å². The summed E-state index contributed by atoms with van der Waals surface area (Å²) >= 11 is 0. The molecule has 0 fully saturated rings. The number of aromatic nitrogens is 1. The topological polar surface area (TPSA) is 15.8 Å². The number of allylic oxidation sites excluding steroid dienone is 1. The number of rotatable bonds is 1. The number of nitrogens with one attached hydrogen (secondary N) is 1. The van der Waals surface area contributed by atoms with Crippen molar-refractivity contribution in [3.05, 3.63) is 48.2 Å². The van der Waals surface area contributed by atoms with E-state index in [4.69, 9.17) is 0 Å². The average molecular weight is 197 g/mol. The van der Waals surface area contributed by atoms with E-state index in [2.05, 4.69) is 41.9 Å². The molecule has 1 unspecified atom stereocenters. The first-order valence-corrected chi connectivity index (χ1v) is 5.62. The Morgan fingerprint density at radius 3 is 3.07 bits per heavy atom. The molecule has 0 saturated carbocycles. The second-order valence-corrected chi connectivity index (χ2v) is 4.30. The monoisotopic (exact) mass is 197 g/mol. The van der Waals surface area contributed by atoms with Gasteiger partial charge in [0.15, 0.2) is 0 Å². The summed E-state index contributed by atoms with van der Waals surface area (Å²) in [5.74, 6) is 0.546. The summed E-state index contributed by atoms with van der Waals surface area (Å²) in [7, 11) is 0. The highest BCUT2D eigenvalue weighted by Gasteiger charge is 2.21. The molecule has 0 spiro atoms. The summed E-state index contributed by atoms with van der Waals surface area (Å²) < 4.78 is 0. The van der Waals surface area contributed by atoms with Gasteiger partial charge in [-0.3, -0.25) is 0 Å². The number of benzene rings is 1. The lowest BCUT2D eigenvalue weighted by Crippen LogP contribution is -2.06. The molecule has 0 aliphatic heterocycles. The molecule has 1 nitrogen and oxygen atoms in total. The van der Waals surface area contributed by atoms with Gasteiger partial charge in [0.05, 0.1) is 0 Å². The molecule has 1 heterocycles. The molecule has 3 rings (SSSR count). The molecule has 1 aromatic heterocycles. The van der Waals surface area contributed by atoms with E-state index < -0.39 is 0 Å². The van der Waals surface area contributed by atoms with Crippen molar-refractivity contribution in [2.45, 2.75) is 25.2 Å². The van der Waals surface area contributed by atoms with Gasteiger partial charge in [0.1, 0.15) is 0 Å². The Hall–Kier alpha value is -1.50. The van der Waals surface area contributed by atoms with E-state index in [1.54, 1.807) is 0 Å². The zero-order chi connectivity index (χ0) is 10.3. The molecule has 15 heavy (non-hydrogen) atoms. The molecule has 1 N–H and O–H groups in total. The van der Waals surface area contributed by atoms with Crippen LogP contribution in [0, 0.1) is 0 Å². The van der Waals surface area contributed by atoms with Gasteiger partial charge in [-0.25, -0.2) is 0 Å². The minimum Gasteiger partial charge on any atom is -0.358 e. The fourth-order valence-corrected chi connectivity index (χ4v) is 2.72. The quantitative estimate of drug-likeness (QED) is 0.670. The van der Waals surface area contributed by atoms with Crippen LogP contribution in [0.5, 0.6) is 0 Å². The molecule has 1 atom stereocenters. The van der Waals surface area contributed by atoms with Gasteiger partial charge in [-0.15, -0.1) is 6.58 Å². The number of fused-ring (bicyclic) bond motifs is 3. The molecule has 1 aromatic carbocycles. The minimum atomic E-state index is 0.546. The standard InChI is InChI=1S/C14H15N/c1-2-10-6-5-9-13-14(10)11-7-3-4-8-12(11)15-13/h2-4,7-8,10,15H,1,5-6,9H2. The number of hydrogen-bond donors (Lipinski definition) is 1. The van der Waals surface area contributed by atoms with Gasteiger partial charge in [0, 0.05) is 22.5 Å². The second-order valence-electron chi connectivity index (χ2n) is 4.30. The van der Waals surface area contributed by atoms with E-state index in [9.17, 15) is 0 Å². The first kappa shape index (κ1) is 8.78. The Kier molecular flexibility index (Phi) is 1.91. The summed E-state index contributed by atoms with van der Waals surface area (Å²) in [4.78, 5) is 3.53. The highest BCUT2D eigenvalue weighted by molar-refractivity contribution is 5.85. The van der Waals surface area contributed by atoms with E-state index in [1.165, 1.54) is 41.4 Å². The van der Waals surface area contributed by atoms with Crippen molar-refractivity contribution in [2.75, 3.05) is 0 Å². The van der Waals surface area contributed by atoms with Gasteiger partial charge >= 0.3 is 0 Å². The number of hydrogen-bond acceptors (Lipinski definition) is 0. The predicted molar refractivity (Wildman–Crippen MR) is 64.2 cm³/mol. The molecule has 1 heteroatoms. The van der Waals surface area contributed by atoms with Crippen molar-refractivity contribution in [1.82, 2.24) is 4.98 Å². The molecular weight excluding hydrogens is 182 g/mol. The lowest BCUT2D eigenvalue weighted by atomic mass is 9.85. The van der Waals surface area contributed by atoms with Crippen molar-refractivity contribution < 1.29 is 0 Å². The third-order valence-corrected chi connectivity index (χ3v) is 3.43. The van der Waals surface area contributed by atoms with Crippen LogP contribution in [-0.4, -0.2) is 4.98 Å². The molecule has 1 aliphatic carbocycles. The van der Waals surface area contributed by atoms with Crippen LogP contribution in [0.3, 0.4) is 0 Å². The highest BCUT2D eigenvalue weighted by Crippen LogP contribution is 2.37. The van der Waals surface area contributed by atoms with E-state index in [1.807, 2.05) is 0 Å². The first-order chi connectivity index (χ1) is 7.40. The Bertz CT molecular complexity index is 507. The first-order valence-electron chi connectivity index (χ1n) is 5.62. The van der Waals surface area contributed by atoms with Crippen molar-refractivity contribution in [3.63, 3.8) is 0 Å². The second kappa shape index (κ2) is 3.27. The fraction of sp³-hybridized carbons (Fsp3) is 0.286. The van der Waals surface area contributed by atoms with Crippen LogP contribution < -0.4 is 0 Å². The molecule has 1 aliphatic rings. The van der Waals surface area contributed by atoms with E-state index in [0.717, 1.165) is 0 Å². The van der Waals surface area contributed by atoms with Crippen molar-refractivity contribution >= 4 is 10.9 Å². The van der Waals surface area contributed by atoms with Crippen molar-refractivity contribution in [1.29, 1.82) is 0 Å². The van der Waals surface area contributed by atoms with Crippen LogP contribution in [0.2, 0.25) is 0 Å². The summed E-state index contributed by atoms with van der Waals surface area (Å²) in [5.41, 5.74) is 4.19. The van der Waals surface area contributed by atoms with E-state index in [-0.39, 0.29) is 0 Å². The van der Waals surface area contributed by atoms with Crippen LogP contribution in [0.4, 0.5) is 0 Å². The summed E-state index contributed by atoms with van der Waals surface area (Å²) in [6.45, 7) is 3.96. The lowest BCUT2D eigenvalue weighted by Gasteiger charge is -2.19. The van der Waals surface area contributed by atoms with Crippen LogP contribution in [0.15, 0.2) is 36.9 Å². The van der Waals surface area contributed by atoms with Gasteiger partial charge in [0.2, 0.25) is 0 Å². The third kappa shape index (κ3) is 1.23. The van der Waals surface area contributed by atoms with Gasteiger partial charge in [-0.05, 0) is 30.9 Å².